The number of hydrogen-bond acceptors (Lipinski definition) is 1. The summed E-state index contributed by atoms with van der Waals surface area (Å²) in [6.07, 6.45) is 18.4. The molecule has 4 rings (SSSR count). The van der Waals surface area contributed by atoms with Crippen LogP contribution >= 0.6 is 12.6 Å². The van der Waals surface area contributed by atoms with E-state index in [1.807, 2.05) is 0 Å². The summed E-state index contributed by atoms with van der Waals surface area (Å²) < 4.78 is 0. The fraction of sp³-hybridized carbons (Fsp3) is 0.926. The Bertz CT molecular complexity index is 591. The number of thiol groups is 1. The van der Waals surface area contributed by atoms with Crippen LogP contribution in [0.2, 0.25) is 0 Å². The molecule has 4 aliphatic carbocycles. The molecule has 4 aliphatic rings. The Labute approximate surface area is 181 Å². The second-order valence-electron chi connectivity index (χ2n) is 12.2. The Morgan fingerprint density at radius 1 is 1.00 bits per heavy atom. The first-order chi connectivity index (χ1) is 13.3. The molecule has 0 aromatic heterocycles. The van der Waals surface area contributed by atoms with Crippen molar-refractivity contribution in [3.8, 4) is 0 Å². The standard InChI is InChI=1S/C27H46S/c1-18(2)7-6-8-19(3)23-11-12-24-22-10-9-20-17-21(28)13-15-26(20,4)25(22)14-16-27(23,24)5/h9,18-19,21-25,28H,6-8,10-17H2,1-5H3/t19-,21+,22-,23-,24+,25-,26+,27-/m1/s1. The van der Waals surface area contributed by atoms with Crippen molar-refractivity contribution in [2.75, 3.05) is 0 Å². The van der Waals surface area contributed by atoms with Gasteiger partial charge in [0.1, 0.15) is 0 Å². The Morgan fingerprint density at radius 3 is 2.54 bits per heavy atom. The topological polar surface area (TPSA) is 0 Å². The van der Waals surface area contributed by atoms with Crippen molar-refractivity contribution in [2.24, 2.45) is 46.3 Å². The minimum Gasteiger partial charge on any atom is -0.176 e. The lowest BCUT2D eigenvalue weighted by molar-refractivity contribution is -0.0497. The molecule has 1 heteroatoms. The van der Waals surface area contributed by atoms with Crippen LogP contribution in [0.15, 0.2) is 11.6 Å². The van der Waals surface area contributed by atoms with E-state index in [-0.39, 0.29) is 0 Å². The van der Waals surface area contributed by atoms with Crippen molar-refractivity contribution in [3.63, 3.8) is 0 Å². The Kier molecular flexibility index (Phi) is 6.07. The fourth-order valence-corrected chi connectivity index (χ4v) is 8.99. The molecule has 28 heavy (non-hydrogen) atoms. The third kappa shape index (κ3) is 3.54. The van der Waals surface area contributed by atoms with E-state index in [2.05, 4.69) is 40.7 Å². The number of hydrogen-bond donors (Lipinski definition) is 1. The first kappa shape index (κ1) is 21.3. The van der Waals surface area contributed by atoms with Crippen molar-refractivity contribution in [2.45, 2.75) is 110 Å². The molecule has 0 aliphatic heterocycles. The summed E-state index contributed by atoms with van der Waals surface area (Å²) in [6, 6.07) is 0. The Hall–Kier alpha value is 0.0900. The first-order valence-electron chi connectivity index (χ1n) is 12.6. The van der Waals surface area contributed by atoms with E-state index < -0.39 is 0 Å². The molecule has 0 aromatic carbocycles. The molecule has 0 spiro atoms. The van der Waals surface area contributed by atoms with Gasteiger partial charge >= 0.3 is 0 Å². The molecule has 0 saturated heterocycles. The van der Waals surface area contributed by atoms with Gasteiger partial charge in [0.05, 0.1) is 0 Å². The third-order valence-electron chi connectivity index (χ3n) is 10.3. The predicted molar refractivity (Wildman–Crippen MR) is 126 cm³/mol. The van der Waals surface area contributed by atoms with Crippen molar-refractivity contribution in [1.82, 2.24) is 0 Å². The van der Waals surface area contributed by atoms with Gasteiger partial charge in [-0.3, -0.25) is 0 Å². The van der Waals surface area contributed by atoms with Crippen LogP contribution in [-0.4, -0.2) is 5.25 Å². The lowest BCUT2D eigenvalue weighted by atomic mass is 9.47. The summed E-state index contributed by atoms with van der Waals surface area (Å²) in [4.78, 5) is 0. The van der Waals surface area contributed by atoms with Crippen LogP contribution in [0.3, 0.4) is 0 Å². The molecular formula is C27H46S. The molecule has 0 bridgehead atoms. The summed E-state index contributed by atoms with van der Waals surface area (Å²) in [5.74, 6) is 5.70. The van der Waals surface area contributed by atoms with Crippen LogP contribution in [0.5, 0.6) is 0 Å². The van der Waals surface area contributed by atoms with Gasteiger partial charge in [-0.2, -0.15) is 12.6 Å². The van der Waals surface area contributed by atoms with E-state index in [1.54, 1.807) is 5.57 Å². The maximum atomic E-state index is 4.84. The zero-order chi connectivity index (χ0) is 20.1. The van der Waals surface area contributed by atoms with Gasteiger partial charge in [-0.05, 0) is 97.7 Å². The molecule has 3 fully saturated rings. The van der Waals surface area contributed by atoms with E-state index in [4.69, 9.17) is 12.6 Å². The fourth-order valence-electron chi connectivity index (χ4n) is 8.67. The Morgan fingerprint density at radius 2 is 1.79 bits per heavy atom. The van der Waals surface area contributed by atoms with E-state index in [0.717, 1.165) is 35.5 Å². The number of fused-ring (bicyclic) bond motifs is 5. The maximum absolute atomic E-state index is 4.84. The van der Waals surface area contributed by atoms with E-state index in [9.17, 15) is 0 Å². The largest absolute Gasteiger partial charge is 0.176 e. The molecule has 0 aromatic rings. The molecule has 8 atom stereocenters. The second-order valence-corrected chi connectivity index (χ2v) is 12.9. The molecule has 0 N–H and O–H groups in total. The van der Waals surface area contributed by atoms with Gasteiger partial charge in [-0.1, -0.05) is 65.5 Å². The average Bonchev–Trinajstić information content (AvgIpc) is 2.99. The highest BCUT2D eigenvalue weighted by Crippen LogP contribution is 2.67. The van der Waals surface area contributed by atoms with Gasteiger partial charge in [0.15, 0.2) is 0 Å². The summed E-state index contributed by atoms with van der Waals surface area (Å²) in [5.41, 5.74) is 2.92. The van der Waals surface area contributed by atoms with Gasteiger partial charge in [0, 0.05) is 5.25 Å². The monoisotopic (exact) mass is 402 g/mol. The number of allylic oxidation sites excluding steroid dienone is 2. The summed E-state index contributed by atoms with van der Waals surface area (Å²) in [7, 11) is 0. The molecule has 0 radical (unpaired) electrons. The lowest BCUT2D eigenvalue weighted by Gasteiger charge is -2.58. The van der Waals surface area contributed by atoms with E-state index in [0.29, 0.717) is 16.1 Å². The molecule has 0 nitrogen and oxygen atoms in total. The third-order valence-corrected chi connectivity index (χ3v) is 10.7. The highest BCUT2D eigenvalue weighted by Gasteiger charge is 2.58. The highest BCUT2D eigenvalue weighted by molar-refractivity contribution is 7.80. The Balaban J connectivity index is 1.49. The van der Waals surface area contributed by atoms with Crippen LogP contribution in [0.4, 0.5) is 0 Å². The molecule has 0 heterocycles. The van der Waals surface area contributed by atoms with Crippen LogP contribution in [0, 0.1) is 46.3 Å². The molecule has 3 saturated carbocycles. The van der Waals surface area contributed by atoms with Crippen molar-refractivity contribution in [1.29, 1.82) is 0 Å². The molecule has 160 valence electrons. The second kappa shape index (κ2) is 7.97. The van der Waals surface area contributed by atoms with E-state index in [1.165, 1.54) is 70.6 Å². The van der Waals surface area contributed by atoms with Crippen LogP contribution in [-0.2, 0) is 0 Å². The summed E-state index contributed by atoms with van der Waals surface area (Å²) in [6.45, 7) is 12.7. The zero-order valence-corrected chi connectivity index (χ0v) is 20.2. The van der Waals surface area contributed by atoms with E-state index >= 15 is 0 Å². The quantitative estimate of drug-likeness (QED) is 0.347. The minimum absolute atomic E-state index is 0.504. The van der Waals surface area contributed by atoms with Gasteiger partial charge in [-0.15, -0.1) is 0 Å². The SMILES string of the molecule is CC(C)CCC[C@@H](C)[C@H]1CC[C@H]2[C@H]3CC=C4C[C@@H](S)CC[C@]4(C)[C@@H]3CC[C@]12C. The molecular weight excluding hydrogens is 356 g/mol. The molecule has 0 amide bonds. The predicted octanol–water partition coefficient (Wildman–Crippen LogP) is 8.33. The summed E-state index contributed by atoms with van der Waals surface area (Å²) in [5, 5.41) is 0.618. The minimum atomic E-state index is 0.504. The maximum Gasteiger partial charge on any atom is 0.00545 e. The van der Waals surface area contributed by atoms with Crippen molar-refractivity contribution < 1.29 is 0 Å². The van der Waals surface area contributed by atoms with Crippen molar-refractivity contribution in [3.05, 3.63) is 11.6 Å². The van der Waals surface area contributed by atoms with Crippen LogP contribution < -0.4 is 0 Å². The normalized spacial score (nSPS) is 46.5. The average molecular weight is 403 g/mol. The zero-order valence-electron chi connectivity index (χ0n) is 19.3. The van der Waals surface area contributed by atoms with Crippen LogP contribution in [0.25, 0.3) is 0 Å². The molecule has 0 unspecified atom stereocenters. The first-order valence-corrected chi connectivity index (χ1v) is 13.1. The van der Waals surface area contributed by atoms with Gasteiger partial charge in [-0.25, -0.2) is 0 Å². The highest BCUT2D eigenvalue weighted by atomic mass is 32.1. The smallest absolute Gasteiger partial charge is 0.00545 e. The number of rotatable bonds is 5. The lowest BCUT2D eigenvalue weighted by Crippen LogP contribution is -2.50. The van der Waals surface area contributed by atoms with Gasteiger partial charge in [0.2, 0.25) is 0 Å². The van der Waals surface area contributed by atoms with Crippen LogP contribution in [0.1, 0.15) is 105 Å². The van der Waals surface area contributed by atoms with Crippen molar-refractivity contribution >= 4 is 12.6 Å². The van der Waals surface area contributed by atoms with Gasteiger partial charge in [0.25, 0.3) is 0 Å². The summed E-state index contributed by atoms with van der Waals surface area (Å²) >= 11 is 4.84. The van der Waals surface area contributed by atoms with Gasteiger partial charge < -0.3 is 0 Å².